The Balaban J connectivity index is 2.37. The molecule has 5 heteroatoms. The van der Waals surface area contributed by atoms with Crippen LogP contribution in [0, 0.1) is 5.41 Å². The van der Waals surface area contributed by atoms with Gasteiger partial charge in [-0.3, -0.25) is 4.79 Å². The Hall–Kier alpha value is -1.62. The number of carbonyl (C=O) groups is 1. The summed E-state index contributed by atoms with van der Waals surface area (Å²) in [5.74, 6) is -0.835. The fourth-order valence-corrected chi connectivity index (χ4v) is 2.34. The first-order chi connectivity index (χ1) is 7.88. The summed E-state index contributed by atoms with van der Waals surface area (Å²) in [6, 6.07) is 5.32. The van der Waals surface area contributed by atoms with Crippen molar-refractivity contribution in [2.45, 2.75) is 20.3 Å². The van der Waals surface area contributed by atoms with E-state index in [1.807, 2.05) is 6.07 Å². The second kappa shape index (κ2) is 4.00. The lowest BCUT2D eigenvalue weighted by Crippen LogP contribution is -2.26. The van der Waals surface area contributed by atoms with Gasteiger partial charge in [0, 0.05) is 0 Å². The summed E-state index contributed by atoms with van der Waals surface area (Å²) in [5.41, 5.74) is 0.626. The average Bonchev–Trinajstić information content (AvgIpc) is 2.56. The minimum Gasteiger partial charge on any atom is -0.481 e. The zero-order valence-corrected chi connectivity index (χ0v) is 10.3. The van der Waals surface area contributed by atoms with Crippen molar-refractivity contribution in [3.8, 4) is 0 Å². The van der Waals surface area contributed by atoms with Crippen LogP contribution in [0.2, 0.25) is 0 Å². The molecule has 0 bridgehead atoms. The van der Waals surface area contributed by atoms with Crippen molar-refractivity contribution in [2.24, 2.45) is 5.41 Å². The average molecular weight is 252 g/mol. The Morgan fingerprint density at radius 1 is 1.47 bits per heavy atom. The molecule has 0 fully saturated rings. The van der Waals surface area contributed by atoms with Crippen LogP contribution >= 0.6 is 11.3 Å². The highest BCUT2D eigenvalue weighted by atomic mass is 32.1. The number of carboxylic acid groups (broad SMARTS) is 1. The highest BCUT2D eigenvalue weighted by molar-refractivity contribution is 7.16. The molecule has 0 spiro atoms. The van der Waals surface area contributed by atoms with Crippen LogP contribution < -0.4 is 4.94 Å². The van der Waals surface area contributed by atoms with Crippen molar-refractivity contribution >= 4 is 27.6 Å². The fraction of sp³-hybridized carbons (Fsp3) is 0.333. The Bertz CT molecular complexity index is 621. The summed E-state index contributed by atoms with van der Waals surface area (Å²) in [4.78, 5) is 21.7. The first kappa shape index (κ1) is 11.9. The van der Waals surface area contributed by atoms with Crippen molar-refractivity contribution in [2.75, 3.05) is 0 Å². The molecule has 0 aliphatic heterocycles. The molecule has 0 unspecified atom stereocenters. The van der Waals surface area contributed by atoms with E-state index in [0.717, 1.165) is 21.6 Å². The van der Waals surface area contributed by atoms with Crippen LogP contribution in [-0.2, 0) is 11.2 Å². The molecule has 0 atom stereocenters. The number of hydrogen-bond donors (Lipinski definition) is 1. The summed E-state index contributed by atoms with van der Waals surface area (Å²) >= 11 is 1.03. The van der Waals surface area contributed by atoms with Crippen LogP contribution in [0.4, 0.5) is 0 Å². The molecule has 1 N–H and O–H groups in total. The third-order valence-electron chi connectivity index (χ3n) is 2.62. The molecule has 2 aromatic rings. The summed E-state index contributed by atoms with van der Waals surface area (Å²) in [5, 5.41) is 9.05. The minimum atomic E-state index is -0.835. The molecular formula is C12H12O4S. The molecule has 0 saturated carbocycles. The molecule has 4 nitrogen and oxygen atoms in total. The smallest absolute Gasteiger partial charge is 0.396 e. The second-order valence-electron chi connectivity index (χ2n) is 4.60. The molecule has 1 aromatic heterocycles. The van der Waals surface area contributed by atoms with Gasteiger partial charge in [-0.1, -0.05) is 17.4 Å². The maximum Gasteiger partial charge on any atom is 0.396 e. The molecule has 17 heavy (non-hydrogen) atoms. The van der Waals surface area contributed by atoms with Crippen LogP contribution in [0.1, 0.15) is 19.4 Å². The van der Waals surface area contributed by atoms with E-state index in [-0.39, 0.29) is 4.94 Å². The van der Waals surface area contributed by atoms with Crippen LogP contribution in [0.15, 0.2) is 27.4 Å². The normalized spacial score (nSPS) is 11.9. The largest absolute Gasteiger partial charge is 0.481 e. The quantitative estimate of drug-likeness (QED) is 0.911. The van der Waals surface area contributed by atoms with Gasteiger partial charge in [-0.2, -0.15) is 0 Å². The highest BCUT2D eigenvalue weighted by Gasteiger charge is 2.27. The molecule has 1 aromatic carbocycles. The first-order valence-corrected chi connectivity index (χ1v) is 5.96. The highest BCUT2D eigenvalue weighted by Crippen LogP contribution is 2.25. The molecule has 1 heterocycles. The van der Waals surface area contributed by atoms with E-state index in [1.165, 1.54) is 0 Å². The number of aliphatic carboxylic acids is 1. The number of benzene rings is 1. The van der Waals surface area contributed by atoms with Gasteiger partial charge in [0.2, 0.25) is 0 Å². The van der Waals surface area contributed by atoms with E-state index in [0.29, 0.717) is 12.0 Å². The third kappa shape index (κ3) is 2.39. The molecule has 0 radical (unpaired) electrons. The molecule has 0 aliphatic rings. The van der Waals surface area contributed by atoms with Gasteiger partial charge in [0.1, 0.15) is 5.58 Å². The van der Waals surface area contributed by atoms with Crippen LogP contribution in [-0.4, -0.2) is 11.1 Å². The summed E-state index contributed by atoms with van der Waals surface area (Å²) in [7, 11) is 0. The molecular weight excluding hydrogens is 240 g/mol. The monoisotopic (exact) mass is 252 g/mol. The maximum absolute atomic E-state index is 11.1. The van der Waals surface area contributed by atoms with Crippen LogP contribution in [0.25, 0.3) is 10.3 Å². The molecule has 90 valence electrons. The Labute approximate surface area is 102 Å². The van der Waals surface area contributed by atoms with Gasteiger partial charge >= 0.3 is 10.9 Å². The van der Waals surface area contributed by atoms with Gasteiger partial charge < -0.3 is 9.52 Å². The fourth-order valence-electron chi connectivity index (χ4n) is 1.61. The van der Waals surface area contributed by atoms with Gasteiger partial charge in [-0.15, -0.1) is 0 Å². The minimum absolute atomic E-state index is 0.338. The van der Waals surface area contributed by atoms with E-state index in [4.69, 9.17) is 9.52 Å². The van der Waals surface area contributed by atoms with Crippen molar-refractivity contribution in [3.05, 3.63) is 33.5 Å². The van der Waals surface area contributed by atoms with Gasteiger partial charge in [0.25, 0.3) is 0 Å². The van der Waals surface area contributed by atoms with Crippen LogP contribution in [0.3, 0.4) is 0 Å². The number of rotatable bonds is 3. The lowest BCUT2D eigenvalue weighted by atomic mass is 9.86. The summed E-state index contributed by atoms with van der Waals surface area (Å²) < 4.78 is 5.71. The SMILES string of the molecule is CC(C)(Cc1ccc2oc(=O)sc2c1)C(=O)O. The van der Waals surface area contributed by atoms with Crippen molar-refractivity contribution in [1.29, 1.82) is 0 Å². The predicted octanol–water partition coefficient (Wildman–Crippen LogP) is 2.51. The molecule has 0 aliphatic carbocycles. The Morgan fingerprint density at radius 3 is 2.82 bits per heavy atom. The van der Waals surface area contributed by atoms with Crippen LogP contribution in [0.5, 0.6) is 0 Å². The second-order valence-corrected chi connectivity index (χ2v) is 5.58. The standard InChI is InChI=1S/C12H12O4S/c1-12(2,10(13)14)6-7-3-4-8-9(5-7)17-11(15)16-8/h3-5H,6H2,1-2H3,(H,13,14). The lowest BCUT2D eigenvalue weighted by Gasteiger charge is -2.18. The van der Waals surface area contributed by atoms with Gasteiger partial charge in [0.05, 0.1) is 10.1 Å². The Kier molecular flexibility index (Phi) is 2.79. The van der Waals surface area contributed by atoms with Crippen molar-refractivity contribution in [1.82, 2.24) is 0 Å². The van der Waals surface area contributed by atoms with E-state index < -0.39 is 11.4 Å². The van der Waals surface area contributed by atoms with E-state index >= 15 is 0 Å². The van der Waals surface area contributed by atoms with E-state index in [2.05, 4.69) is 0 Å². The predicted molar refractivity (Wildman–Crippen MR) is 65.5 cm³/mol. The summed E-state index contributed by atoms with van der Waals surface area (Å²) in [6.07, 6.45) is 0.421. The van der Waals surface area contributed by atoms with Crippen molar-refractivity contribution < 1.29 is 14.3 Å². The maximum atomic E-state index is 11.1. The molecule has 0 amide bonds. The zero-order valence-electron chi connectivity index (χ0n) is 9.52. The first-order valence-electron chi connectivity index (χ1n) is 5.14. The Morgan fingerprint density at radius 2 is 2.18 bits per heavy atom. The van der Waals surface area contributed by atoms with E-state index in [1.54, 1.807) is 26.0 Å². The third-order valence-corrected chi connectivity index (χ3v) is 3.41. The topological polar surface area (TPSA) is 67.5 Å². The number of hydrogen-bond acceptors (Lipinski definition) is 4. The van der Waals surface area contributed by atoms with Gasteiger partial charge in [-0.05, 0) is 38.0 Å². The van der Waals surface area contributed by atoms with Gasteiger partial charge in [-0.25, -0.2) is 4.79 Å². The summed E-state index contributed by atoms with van der Waals surface area (Å²) in [6.45, 7) is 3.36. The van der Waals surface area contributed by atoms with Crippen molar-refractivity contribution in [3.63, 3.8) is 0 Å². The molecule has 2 rings (SSSR count). The number of carboxylic acids is 1. The number of fused-ring (bicyclic) bond motifs is 1. The lowest BCUT2D eigenvalue weighted by molar-refractivity contribution is -0.146. The van der Waals surface area contributed by atoms with Gasteiger partial charge in [0.15, 0.2) is 0 Å². The molecule has 0 saturated heterocycles. The van der Waals surface area contributed by atoms with E-state index in [9.17, 15) is 9.59 Å². The zero-order chi connectivity index (χ0) is 12.6.